The predicted molar refractivity (Wildman–Crippen MR) is 75.4 cm³/mol. The van der Waals surface area contributed by atoms with E-state index in [9.17, 15) is 8.42 Å². The number of benzene rings is 1. The minimum absolute atomic E-state index is 0.199. The van der Waals surface area contributed by atoms with Gasteiger partial charge in [-0.25, -0.2) is 13.4 Å². The number of nitrogens with one attached hydrogen (secondary N) is 1. The van der Waals surface area contributed by atoms with Crippen LogP contribution in [0.25, 0.3) is 0 Å². The van der Waals surface area contributed by atoms with Crippen LogP contribution in [0.15, 0.2) is 41.3 Å². The number of sulfonamides is 1. The molecule has 0 bridgehead atoms. The van der Waals surface area contributed by atoms with Crippen LogP contribution in [0, 0.1) is 13.8 Å². The molecule has 2 rings (SSSR count). The first-order chi connectivity index (χ1) is 8.88. The molecule has 0 atom stereocenters. The van der Waals surface area contributed by atoms with E-state index in [2.05, 4.69) is 9.71 Å². The summed E-state index contributed by atoms with van der Waals surface area (Å²) in [5.74, 6) is 0.302. The third-order valence-corrected chi connectivity index (χ3v) is 4.13. The zero-order valence-electron chi connectivity index (χ0n) is 10.7. The Balaban J connectivity index is 2.38. The summed E-state index contributed by atoms with van der Waals surface area (Å²) in [6, 6.07) is 9.83. The van der Waals surface area contributed by atoms with Gasteiger partial charge in [-0.1, -0.05) is 6.07 Å². The number of pyridine rings is 1. The van der Waals surface area contributed by atoms with Crippen LogP contribution in [-0.2, 0) is 10.0 Å². The molecule has 0 fully saturated rings. The number of rotatable bonds is 3. The second kappa shape index (κ2) is 4.89. The summed E-state index contributed by atoms with van der Waals surface area (Å²) in [6.45, 7) is 3.50. The van der Waals surface area contributed by atoms with Crippen LogP contribution in [-0.4, -0.2) is 13.4 Å². The van der Waals surface area contributed by atoms with Crippen molar-refractivity contribution in [3.8, 4) is 0 Å². The summed E-state index contributed by atoms with van der Waals surface area (Å²) >= 11 is 0. The zero-order chi connectivity index (χ0) is 14.0. The molecule has 5 nitrogen and oxygen atoms in total. The lowest BCUT2D eigenvalue weighted by atomic mass is 10.2. The van der Waals surface area contributed by atoms with Gasteiger partial charge in [-0.2, -0.15) is 0 Å². The summed E-state index contributed by atoms with van der Waals surface area (Å²) in [5, 5.41) is 0. The molecule has 0 aliphatic heterocycles. The molecule has 100 valence electrons. The number of nitrogen functional groups attached to an aromatic ring is 1. The number of hydrogen-bond acceptors (Lipinski definition) is 4. The van der Waals surface area contributed by atoms with Crippen molar-refractivity contribution in [1.29, 1.82) is 0 Å². The monoisotopic (exact) mass is 277 g/mol. The summed E-state index contributed by atoms with van der Waals surface area (Å²) < 4.78 is 27.0. The lowest BCUT2D eigenvalue weighted by Gasteiger charge is -2.10. The third kappa shape index (κ3) is 3.03. The van der Waals surface area contributed by atoms with Gasteiger partial charge in [0.15, 0.2) is 0 Å². The molecule has 3 N–H and O–H groups in total. The highest BCUT2D eigenvalue weighted by molar-refractivity contribution is 7.92. The average molecular weight is 277 g/mol. The quantitative estimate of drug-likeness (QED) is 0.841. The third-order valence-electron chi connectivity index (χ3n) is 2.62. The van der Waals surface area contributed by atoms with Gasteiger partial charge in [0.05, 0.1) is 4.90 Å². The van der Waals surface area contributed by atoms with Gasteiger partial charge in [0.1, 0.15) is 5.82 Å². The molecule has 1 heterocycles. The van der Waals surface area contributed by atoms with Gasteiger partial charge in [-0.3, -0.25) is 4.72 Å². The number of aryl methyl sites for hydroxylation is 2. The fourth-order valence-electron chi connectivity index (χ4n) is 1.77. The van der Waals surface area contributed by atoms with Crippen LogP contribution >= 0.6 is 0 Å². The van der Waals surface area contributed by atoms with Crippen LogP contribution in [0.1, 0.15) is 11.3 Å². The van der Waals surface area contributed by atoms with Gasteiger partial charge in [0.25, 0.3) is 10.0 Å². The molecule has 0 spiro atoms. The maximum absolute atomic E-state index is 12.3. The molecule has 2 aromatic rings. The van der Waals surface area contributed by atoms with Crippen molar-refractivity contribution in [2.45, 2.75) is 18.7 Å². The van der Waals surface area contributed by atoms with E-state index in [1.165, 1.54) is 6.07 Å². The van der Waals surface area contributed by atoms with E-state index in [0.717, 1.165) is 5.69 Å². The summed E-state index contributed by atoms with van der Waals surface area (Å²) in [6.07, 6.45) is 0. The summed E-state index contributed by atoms with van der Waals surface area (Å²) in [4.78, 5) is 4.32. The number of hydrogen-bond donors (Lipinski definition) is 2. The Morgan fingerprint density at radius 3 is 2.53 bits per heavy atom. The van der Waals surface area contributed by atoms with Crippen molar-refractivity contribution < 1.29 is 8.42 Å². The topological polar surface area (TPSA) is 85.1 Å². The van der Waals surface area contributed by atoms with Crippen LogP contribution in [0.2, 0.25) is 0 Å². The molecule has 0 radical (unpaired) electrons. The van der Waals surface area contributed by atoms with E-state index < -0.39 is 10.0 Å². The Morgan fingerprint density at radius 2 is 1.89 bits per heavy atom. The first-order valence-electron chi connectivity index (χ1n) is 5.71. The Hall–Kier alpha value is -2.08. The number of nitrogens with zero attached hydrogens (tertiary/aromatic N) is 1. The SMILES string of the molecule is Cc1cccc(NS(=O)(=O)c2ccc(N)cc2C)n1. The highest BCUT2D eigenvalue weighted by Crippen LogP contribution is 2.20. The normalized spacial score (nSPS) is 11.3. The highest BCUT2D eigenvalue weighted by Gasteiger charge is 2.17. The van der Waals surface area contributed by atoms with Gasteiger partial charge < -0.3 is 5.73 Å². The van der Waals surface area contributed by atoms with E-state index in [4.69, 9.17) is 5.73 Å². The fraction of sp³-hybridized carbons (Fsp3) is 0.154. The molecule has 1 aromatic carbocycles. The second-order valence-corrected chi connectivity index (χ2v) is 5.95. The second-order valence-electron chi connectivity index (χ2n) is 4.29. The lowest BCUT2D eigenvalue weighted by molar-refractivity contribution is 0.600. The van der Waals surface area contributed by atoms with Gasteiger partial charge in [-0.05, 0) is 49.7 Å². The van der Waals surface area contributed by atoms with Crippen molar-refractivity contribution in [3.05, 3.63) is 47.7 Å². The van der Waals surface area contributed by atoms with E-state index in [1.807, 2.05) is 0 Å². The number of nitrogens with two attached hydrogens (primary N) is 1. The van der Waals surface area contributed by atoms with Crippen molar-refractivity contribution in [3.63, 3.8) is 0 Å². The smallest absolute Gasteiger partial charge is 0.263 e. The molecule has 1 aromatic heterocycles. The minimum Gasteiger partial charge on any atom is -0.399 e. The van der Waals surface area contributed by atoms with E-state index in [0.29, 0.717) is 17.1 Å². The number of anilines is 2. The van der Waals surface area contributed by atoms with Gasteiger partial charge in [0.2, 0.25) is 0 Å². The Morgan fingerprint density at radius 1 is 1.16 bits per heavy atom. The molecular weight excluding hydrogens is 262 g/mol. The van der Waals surface area contributed by atoms with Crippen LogP contribution in [0.4, 0.5) is 11.5 Å². The fourth-order valence-corrected chi connectivity index (χ4v) is 3.00. The van der Waals surface area contributed by atoms with Crippen LogP contribution in [0.3, 0.4) is 0 Å². The average Bonchev–Trinajstić information content (AvgIpc) is 2.27. The highest BCUT2D eigenvalue weighted by atomic mass is 32.2. The van der Waals surface area contributed by atoms with Crippen LogP contribution < -0.4 is 10.5 Å². The largest absolute Gasteiger partial charge is 0.399 e. The molecule has 0 saturated carbocycles. The lowest BCUT2D eigenvalue weighted by Crippen LogP contribution is -2.15. The van der Waals surface area contributed by atoms with Crippen LogP contribution in [0.5, 0.6) is 0 Å². The Kier molecular flexibility index (Phi) is 3.44. The summed E-state index contributed by atoms with van der Waals surface area (Å²) in [5.41, 5.74) is 7.49. The molecular formula is C13H15N3O2S. The molecule has 0 aliphatic carbocycles. The molecule has 0 saturated heterocycles. The zero-order valence-corrected chi connectivity index (χ0v) is 11.5. The maximum atomic E-state index is 12.3. The molecule has 0 unspecified atom stereocenters. The van der Waals surface area contributed by atoms with E-state index in [-0.39, 0.29) is 4.90 Å². The Bertz CT molecular complexity index is 712. The van der Waals surface area contributed by atoms with Crippen molar-refractivity contribution in [1.82, 2.24) is 4.98 Å². The number of aromatic nitrogens is 1. The first-order valence-corrected chi connectivity index (χ1v) is 7.19. The molecule has 19 heavy (non-hydrogen) atoms. The van der Waals surface area contributed by atoms with Crippen molar-refractivity contribution in [2.75, 3.05) is 10.5 Å². The Labute approximate surface area is 112 Å². The van der Waals surface area contributed by atoms with Gasteiger partial charge in [0, 0.05) is 11.4 Å². The van der Waals surface area contributed by atoms with Gasteiger partial charge >= 0.3 is 0 Å². The molecule has 6 heteroatoms. The van der Waals surface area contributed by atoms with Crippen molar-refractivity contribution in [2.24, 2.45) is 0 Å². The van der Waals surface area contributed by atoms with Crippen molar-refractivity contribution >= 4 is 21.5 Å². The minimum atomic E-state index is -3.65. The summed E-state index contributed by atoms with van der Waals surface area (Å²) in [7, 11) is -3.65. The van der Waals surface area contributed by atoms with E-state index in [1.54, 1.807) is 44.2 Å². The molecule has 0 amide bonds. The molecule has 0 aliphatic rings. The standard InChI is InChI=1S/C13H15N3O2S/c1-9-8-11(14)6-7-12(9)19(17,18)16-13-5-3-4-10(2)15-13/h3-8H,14H2,1-2H3,(H,15,16). The first kappa shape index (κ1) is 13.4. The predicted octanol–water partition coefficient (Wildman–Crippen LogP) is 2.08. The van der Waals surface area contributed by atoms with Gasteiger partial charge in [-0.15, -0.1) is 0 Å². The maximum Gasteiger partial charge on any atom is 0.263 e. The van der Waals surface area contributed by atoms with E-state index >= 15 is 0 Å².